The molecule has 3 aromatic carbocycles. The predicted molar refractivity (Wildman–Crippen MR) is 147 cm³/mol. The van der Waals surface area contributed by atoms with Crippen molar-refractivity contribution in [3.05, 3.63) is 102 Å². The van der Waals surface area contributed by atoms with Crippen molar-refractivity contribution in [1.29, 1.82) is 5.41 Å². The Morgan fingerprint density at radius 2 is 1.48 bits per heavy atom. The van der Waals surface area contributed by atoms with Gasteiger partial charge >= 0.3 is 5.97 Å². The number of carbonyl (C=O) groups is 4. The van der Waals surface area contributed by atoms with E-state index in [1.807, 2.05) is 30.3 Å². The van der Waals surface area contributed by atoms with Crippen LogP contribution in [-0.4, -0.2) is 52.1 Å². The molecule has 2 aliphatic heterocycles. The summed E-state index contributed by atoms with van der Waals surface area (Å²) in [4.78, 5) is 56.5. The fraction of sp³-hybridized carbons (Fsp3) is 0.233. The Balaban J connectivity index is 1.75. The number of benzene rings is 3. The van der Waals surface area contributed by atoms with Gasteiger partial charge in [0.15, 0.2) is 5.54 Å². The molecule has 0 saturated carbocycles. The molecule has 2 heterocycles. The molecule has 0 bridgehead atoms. The summed E-state index contributed by atoms with van der Waals surface area (Å²) < 4.78 is 0. The molecule has 40 heavy (non-hydrogen) atoms. The number of nitrogen functional groups attached to an aromatic ring is 1. The minimum atomic E-state index is -1.99. The van der Waals surface area contributed by atoms with E-state index in [1.54, 1.807) is 35.2 Å². The van der Waals surface area contributed by atoms with Crippen molar-refractivity contribution in [3.8, 4) is 0 Å². The van der Waals surface area contributed by atoms with Crippen LogP contribution in [-0.2, 0) is 31.1 Å². The summed E-state index contributed by atoms with van der Waals surface area (Å²) in [5.74, 6) is -5.57. The average Bonchev–Trinajstić information content (AvgIpc) is 3.38. The quantitative estimate of drug-likeness (QED) is 0.183. The second-order valence-corrected chi connectivity index (χ2v) is 10.1. The van der Waals surface area contributed by atoms with Gasteiger partial charge in [-0.25, -0.2) is 9.69 Å². The molecule has 0 radical (unpaired) electrons. The Labute approximate surface area is 230 Å². The number of rotatable bonds is 9. The Morgan fingerprint density at radius 1 is 0.875 bits per heavy atom. The number of amidine groups is 1. The number of fused-ring (bicyclic) bond motifs is 1. The van der Waals surface area contributed by atoms with Gasteiger partial charge < -0.3 is 16.6 Å². The first-order valence-corrected chi connectivity index (χ1v) is 12.9. The van der Waals surface area contributed by atoms with Crippen LogP contribution in [0.5, 0.6) is 0 Å². The molecule has 4 unspecified atom stereocenters. The van der Waals surface area contributed by atoms with Crippen LogP contribution in [0.4, 0.5) is 5.69 Å². The molecule has 2 saturated heterocycles. The molecule has 6 N–H and O–H groups in total. The molecule has 5 rings (SSSR count). The van der Waals surface area contributed by atoms with Crippen LogP contribution in [0.25, 0.3) is 0 Å². The maximum Gasteiger partial charge on any atom is 0.329 e. The van der Waals surface area contributed by atoms with Crippen molar-refractivity contribution in [2.75, 3.05) is 11.4 Å². The fourth-order valence-electron chi connectivity index (χ4n) is 6.28. The largest absolute Gasteiger partial charge is 0.480 e. The molecule has 3 amide bonds. The second-order valence-electron chi connectivity index (χ2n) is 10.1. The Hall–Kier alpha value is -4.83. The van der Waals surface area contributed by atoms with Crippen molar-refractivity contribution < 1.29 is 24.3 Å². The van der Waals surface area contributed by atoms with E-state index in [9.17, 15) is 24.3 Å². The van der Waals surface area contributed by atoms with E-state index in [-0.39, 0.29) is 30.8 Å². The third-order valence-corrected chi connectivity index (χ3v) is 7.93. The van der Waals surface area contributed by atoms with Crippen molar-refractivity contribution in [2.45, 2.75) is 24.4 Å². The number of carboxylic acids is 1. The van der Waals surface area contributed by atoms with Crippen LogP contribution in [0, 0.1) is 17.2 Å². The highest BCUT2D eigenvalue weighted by molar-refractivity contribution is 6.24. The number of carbonyl (C=O) groups excluding carboxylic acids is 3. The zero-order valence-electron chi connectivity index (χ0n) is 21.6. The van der Waals surface area contributed by atoms with Gasteiger partial charge in [0.1, 0.15) is 5.84 Å². The van der Waals surface area contributed by atoms with E-state index < -0.39 is 47.1 Å². The number of nitrogens with two attached hydrogens (primary N) is 2. The Bertz CT molecular complexity index is 1480. The molecule has 0 spiro atoms. The van der Waals surface area contributed by atoms with E-state index in [2.05, 4.69) is 0 Å². The molecule has 2 fully saturated rings. The van der Waals surface area contributed by atoms with Crippen molar-refractivity contribution in [2.24, 2.45) is 23.3 Å². The van der Waals surface area contributed by atoms with E-state index in [4.69, 9.17) is 16.9 Å². The number of nitrogens with one attached hydrogen (secondary N) is 1. The topological polar surface area (TPSA) is 171 Å². The monoisotopic (exact) mass is 539 g/mol. The molecule has 0 aromatic heterocycles. The highest BCUT2D eigenvalue weighted by Gasteiger charge is 2.72. The van der Waals surface area contributed by atoms with Gasteiger partial charge in [-0.1, -0.05) is 72.8 Å². The third-order valence-electron chi connectivity index (χ3n) is 7.93. The first kappa shape index (κ1) is 26.8. The number of nitrogens with zero attached hydrogens (tertiary/aromatic N) is 2. The van der Waals surface area contributed by atoms with Gasteiger partial charge in [-0.2, -0.15) is 0 Å². The van der Waals surface area contributed by atoms with Gasteiger partial charge in [0.25, 0.3) is 0 Å². The summed E-state index contributed by atoms with van der Waals surface area (Å²) in [5, 5.41) is 18.8. The number of amides is 3. The average molecular weight is 540 g/mol. The van der Waals surface area contributed by atoms with E-state index in [0.717, 1.165) is 10.5 Å². The second kappa shape index (κ2) is 10.4. The summed E-state index contributed by atoms with van der Waals surface area (Å²) in [5.41, 5.74) is 11.0. The molecule has 3 aromatic rings. The SMILES string of the molecule is N=C(N)c1ccc(C2(C(=O)O)C3C(=O)N(c4ccccc4)C(=O)C3C(Cc3ccccc3)N2CCC(N)=O)cc1. The molecule has 4 atom stereocenters. The maximum absolute atomic E-state index is 14.2. The van der Waals surface area contributed by atoms with Crippen molar-refractivity contribution in [1.82, 2.24) is 4.90 Å². The van der Waals surface area contributed by atoms with Gasteiger partial charge in [0.2, 0.25) is 17.7 Å². The molecule has 0 aliphatic carbocycles. The lowest BCUT2D eigenvalue weighted by molar-refractivity contribution is -0.157. The number of anilines is 1. The lowest BCUT2D eigenvalue weighted by Gasteiger charge is -2.41. The van der Waals surface area contributed by atoms with E-state index >= 15 is 0 Å². The number of hydrogen-bond donors (Lipinski definition) is 4. The summed E-state index contributed by atoms with van der Waals surface area (Å²) in [6, 6.07) is 23.1. The minimum Gasteiger partial charge on any atom is -0.480 e. The van der Waals surface area contributed by atoms with Gasteiger partial charge in [-0.05, 0) is 29.7 Å². The first-order valence-electron chi connectivity index (χ1n) is 12.9. The summed E-state index contributed by atoms with van der Waals surface area (Å²) >= 11 is 0. The van der Waals surface area contributed by atoms with Gasteiger partial charge in [0, 0.05) is 24.6 Å². The number of hydrogen-bond acceptors (Lipinski definition) is 6. The van der Waals surface area contributed by atoms with E-state index in [1.165, 1.54) is 24.3 Å². The standard InChI is InChI=1S/C30H29N5O5/c31-23(36)15-16-34-22(17-18-7-3-1-4-8-18)24-25(28(38)35(27(24)37)21-9-5-2-6-10-21)30(34,29(39)40)20-13-11-19(12-14-20)26(32)33/h1-14,22,24-25H,15-17H2,(H2,31,36)(H3,32,33)(H,39,40). The van der Waals surface area contributed by atoms with Gasteiger partial charge in [-0.3, -0.25) is 24.7 Å². The molecule has 204 valence electrons. The van der Waals surface area contributed by atoms with Crippen LogP contribution in [0.3, 0.4) is 0 Å². The maximum atomic E-state index is 14.2. The molecular formula is C30H29N5O5. The fourth-order valence-corrected chi connectivity index (χ4v) is 6.28. The van der Waals surface area contributed by atoms with Crippen LogP contribution in [0.1, 0.15) is 23.1 Å². The summed E-state index contributed by atoms with van der Waals surface area (Å²) in [6.45, 7) is -0.0769. The highest BCUT2D eigenvalue weighted by atomic mass is 16.4. The number of aliphatic carboxylic acids is 1. The molecular weight excluding hydrogens is 510 g/mol. The van der Waals surface area contributed by atoms with Crippen LogP contribution in [0.15, 0.2) is 84.9 Å². The predicted octanol–water partition coefficient (Wildman–Crippen LogP) is 1.86. The van der Waals surface area contributed by atoms with Crippen LogP contribution >= 0.6 is 0 Å². The Kier molecular flexibility index (Phi) is 6.95. The first-order chi connectivity index (χ1) is 19.2. The lowest BCUT2D eigenvalue weighted by atomic mass is 9.75. The number of primary amides is 1. The molecule has 2 aliphatic rings. The summed E-state index contributed by atoms with van der Waals surface area (Å²) in [6.07, 6.45) is 0.0963. The smallest absolute Gasteiger partial charge is 0.329 e. The minimum absolute atomic E-state index is 0.0769. The van der Waals surface area contributed by atoms with Crippen LogP contribution < -0.4 is 16.4 Å². The van der Waals surface area contributed by atoms with Crippen LogP contribution in [0.2, 0.25) is 0 Å². The number of para-hydroxylation sites is 1. The molecule has 10 nitrogen and oxygen atoms in total. The Morgan fingerprint density at radius 3 is 2.02 bits per heavy atom. The zero-order valence-corrected chi connectivity index (χ0v) is 21.6. The van der Waals surface area contributed by atoms with Crippen molar-refractivity contribution >= 4 is 35.2 Å². The van der Waals surface area contributed by atoms with Crippen molar-refractivity contribution in [3.63, 3.8) is 0 Å². The molecule has 10 heteroatoms. The van der Waals surface area contributed by atoms with Gasteiger partial charge in [-0.15, -0.1) is 0 Å². The highest BCUT2D eigenvalue weighted by Crippen LogP contribution is 2.55. The number of carboxylic acid groups (broad SMARTS) is 1. The number of likely N-dealkylation sites (tertiary alicyclic amines) is 1. The number of imide groups is 1. The van der Waals surface area contributed by atoms with Gasteiger partial charge in [0.05, 0.1) is 17.5 Å². The normalized spacial score (nSPS) is 24.2. The van der Waals surface area contributed by atoms with E-state index in [0.29, 0.717) is 11.3 Å². The third kappa shape index (κ3) is 4.22. The summed E-state index contributed by atoms with van der Waals surface area (Å²) in [7, 11) is 0. The lowest BCUT2D eigenvalue weighted by Crippen LogP contribution is -2.57. The zero-order chi connectivity index (χ0) is 28.6.